The predicted molar refractivity (Wildman–Crippen MR) is 141 cm³/mol. The Labute approximate surface area is 211 Å². The number of nitrogens with zero attached hydrogens (tertiary/aromatic N) is 4. The first kappa shape index (κ1) is 22.8. The topological polar surface area (TPSA) is 114 Å². The highest BCUT2D eigenvalue weighted by Gasteiger charge is 2.36. The van der Waals surface area contributed by atoms with E-state index in [9.17, 15) is 14.7 Å². The lowest BCUT2D eigenvalue weighted by Crippen LogP contribution is -2.56. The van der Waals surface area contributed by atoms with Crippen molar-refractivity contribution in [3.05, 3.63) is 53.2 Å². The number of piperazine rings is 1. The average Bonchev–Trinajstić information content (AvgIpc) is 3.58. The van der Waals surface area contributed by atoms with Crippen molar-refractivity contribution in [2.24, 2.45) is 0 Å². The van der Waals surface area contributed by atoms with Crippen molar-refractivity contribution < 1.29 is 14.7 Å². The van der Waals surface area contributed by atoms with Crippen molar-refractivity contribution in [1.82, 2.24) is 25.2 Å². The maximum atomic E-state index is 13.2. The van der Waals surface area contributed by atoms with Gasteiger partial charge in [0.2, 0.25) is 5.95 Å². The molecule has 184 valence electrons. The van der Waals surface area contributed by atoms with Crippen molar-refractivity contribution >= 4 is 61.4 Å². The van der Waals surface area contributed by atoms with Crippen LogP contribution in [0, 0.1) is 0 Å². The number of thiophene rings is 1. The van der Waals surface area contributed by atoms with Crippen molar-refractivity contribution in [2.75, 3.05) is 37.7 Å². The van der Waals surface area contributed by atoms with E-state index in [0.717, 1.165) is 28.7 Å². The minimum atomic E-state index is -0.453. The molecular weight excluding hydrogens is 476 g/mol. The van der Waals surface area contributed by atoms with Crippen LogP contribution in [0.4, 0.5) is 5.95 Å². The van der Waals surface area contributed by atoms with Crippen LogP contribution in [0.5, 0.6) is 0 Å². The summed E-state index contributed by atoms with van der Waals surface area (Å²) in [5.41, 5.74) is 3.09. The van der Waals surface area contributed by atoms with E-state index in [0.29, 0.717) is 41.4 Å². The Hall–Kier alpha value is -3.60. The van der Waals surface area contributed by atoms with Gasteiger partial charge < -0.3 is 15.0 Å². The van der Waals surface area contributed by atoms with E-state index in [2.05, 4.69) is 20.1 Å². The quantitative estimate of drug-likeness (QED) is 0.360. The van der Waals surface area contributed by atoms with Crippen LogP contribution in [-0.4, -0.2) is 75.1 Å². The summed E-state index contributed by atoms with van der Waals surface area (Å²) in [7, 11) is 0. The molecule has 10 heteroatoms. The molecule has 0 saturated carbocycles. The van der Waals surface area contributed by atoms with Crippen molar-refractivity contribution in [2.45, 2.75) is 19.4 Å². The van der Waals surface area contributed by atoms with E-state index in [4.69, 9.17) is 9.97 Å². The highest BCUT2D eigenvalue weighted by Crippen LogP contribution is 2.38. The normalized spacial score (nSPS) is 17.6. The first-order valence-corrected chi connectivity index (χ1v) is 12.8. The number of hydrogen-bond acceptors (Lipinski definition) is 8. The second kappa shape index (κ2) is 8.51. The molecule has 6 rings (SSSR count). The largest absolute Gasteiger partial charge is 0.394 e. The van der Waals surface area contributed by atoms with Gasteiger partial charge in [-0.2, -0.15) is 0 Å². The first-order valence-electron chi connectivity index (χ1n) is 11.9. The summed E-state index contributed by atoms with van der Waals surface area (Å²) in [6, 6.07) is 9.52. The molecule has 0 atom stereocenters. The minimum absolute atomic E-state index is 0.0837. The number of fused-ring (bicyclic) bond motifs is 2. The Morgan fingerprint density at radius 2 is 1.78 bits per heavy atom. The number of benzene rings is 1. The molecule has 1 saturated heterocycles. The van der Waals surface area contributed by atoms with Gasteiger partial charge in [-0.1, -0.05) is 18.2 Å². The lowest BCUT2D eigenvalue weighted by Gasteiger charge is -2.43. The number of carbonyl (C=O) groups is 2. The van der Waals surface area contributed by atoms with E-state index in [1.54, 1.807) is 6.20 Å². The van der Waals surface area contributed by atoms with E-state index >= 15 is 0 Å². The second-order valence-corrected chi connectivity index (χ2v) is 10.6. The van der Waals surface area contributed by atoms with Gasteiger partial charge in [-0.15, -0.1) is 11.3 Å². The first-order chi connectivity index (χ1) is 17.4. The Bertz CT molecular complexity index is 1540. The number of hydrogen-bond donors (Lipinski definition) is 3. The van der Waals surface area contributed by atoms with Gasteiger partial charge >= 0.3 is 0 Å². The zero-order chi connectivity index (χ0) is 25.0. The highest BCUT2D eigenvalue weighted by molar-refractivity contribution is 7.17. The van der Waals surface area contributed by atoms with Gasteiger partial charge in [0, 0.05) is 48.9 Å². The van der Waals surface area contributed by atoms with Gasteiger partial charge in [-0.3, -0.25) is 19.8 Å². The predicted octanol–water partition coefficient (Wildman–Crippen LogP) is 2.63. The van der Waals surface area contributed by atoms with Gasteiger partial charge in [0.25, 0.3) is 11.8 Å². The smallest absolute Gasteiger partial charge is 0.261 e. The molecule has 5 heterocycles. The van der Waals surface area contributed by atoms with E-state index in [-0.39, 0.29) is 17.7 Å². The molecule has 0 radical (unpaired) electrons. The molecule has 2 aliphatic rings. The summed E-state index contributed by atoms with van der Waals surface area (Å²) in [6.07, 6.45) is 1.78. The van der Waals surface area contributed by atoms with Crippen LogP contribution in [0.2, 0.25) is 0 Å². The molecule has 2 amide bonds. The van der Waals surface area contributed by atoms with Crippen LogP contribution in [0.3, 0.4) is 0 Å². The summed E-state index contributed by atoms with van der Waals surface area (Å²) < 4.78 is 0.925. The number of rotatable bonds is 5. The average molecular weight is 503 g/mol. The summed E-state index contributed by atoms with van der Waals surface area (Å²) >= 11 is 1.52. The third-order valence-electron chi connectivity index (χ3n) is 7.12. The number of H-pyrrole nitrogens is 1. The number of nitrogens with one attached hydrogen (secondary N) is 2. The van der Waals surface area contributed by atoms with Crippen molar-refractivity contribution in [3.63, 3.8) is 0 Å². The Kier molecular flexibility index (Phi) is 5.40. The summed E-state index contributed by atoms with van der Waals surface area (Å²) in [6.45, 7) is 7.03. The summed E-state index contributed by atoms with van der Waals surface area (Å²) in [5, 5.41) is 14.9. The third-order valence-corrected chi connectivity index (χ3v) is 8.06. The summed E-state index contributed by atoms with van der Waals surface area (Å²) in [4.78, 5) is 43.5. The number of aliphatic hydroxyl groups excluding tert-OH is 1. The maximum Gasteiger partial charge on any atom is 0.261 e. The molecule has 1 fully saturated rings. The van der Waals surface area contributed by atoms with Gasteiger partial charge in [0.15, 0.2) is 0 Å². The molecule has 9 nitrogen and oxygen atoms in total. The van der Waals surface area contributed by atoms with Crippen LogP contribution in [0.15, 0.2) is 41.9 Å². The molecule has 4 aromatic rings. The second-order valence-electron chi connectivity index (χ2n) is 9.73. The fraction of sp³-hybridized carbons (Fsp3) is 0.308. The molecule has 0 bridgehead atoms. The van der Waals surface area contributed by atoms with E-state index in [1.807, 2.05) is 49.6 Å². The zero-order valence-electron chi connectivity index (χ0n) is 20.0. The maximum absolute atomic E-state index is 13.2. The Balaban J connectivity index is 1.48. The monoisotopic (exact) mass is 502 g/mol. The molecule has 2 aliphatic heterocycles. The number of imide groups is 1. The van der Waals surface area contributed by atoms with Crippen molar-refractivity contribution in [1.29, 1.82) is 0 Å². The van der Waals surface area contributed by atoms with Gasteiger partial charge in [-0.05, 0) is 31.4 Å². The van der Waals surface area contributed by atoms with Crippen LogP contribution in [0.1, 0.15) is 25.1 Å². The summed E-state index contributed by atoms with van der Waals surface area (Å²) in [5.74, 6) is -0.349. The Morgan fingerprint density at radius 3 is 2.56 bits per heavy atom. The van der Waals surface area contributed by atoms with Gasteiger partial charge in [0.05, 0.1) is 39.2 Å². The fourth-order valence-corrected chi connectivity index (χ4v) is 5.86. The van der Waals surface area contributed by atoms with Crippen LogP contribution >= 0.6 is 11.3 Å². The SMILES string of the molecule is CC(C)(CO)N1CCN(c2nc(C3=C(c4c[nH]c5ccsc45)C(=O)NC3=O)c3ccccc3n2)CC1. The van der Waals surface area contributed by atoms with Crippen LogP contribution in [-0.2, 0) is 9.59 Å². The zero-order valence-corrected chi connectivity index (χ0v) is 20.9. The number of aromatic amines is 1. The number of aromatic nitrogens is 3. The number of para-hydroxylation sites is 1. The number of amides is 2. The van der Waals surface area contributed by atoms with Gasteiger partial charge in [-0.25, -0.2) is 9.97 Å². The molecule has 0 unspecified atom stereocenters. The standard InChI is InChI=1S/C26H26N6O3S/c1-26(2,14-33)32-10-8-31(9-11-32)25-28-17-6-4-3-5-15(17)21(29-25)20-19(23(34)30-24(20)35)16-13-27-18-7-12-36-22(16)18/h3-7,12-13,27,33H,8-11,14H2,1-2H3,(H,30,34,35). The molecule has 3 aromatic heterocycles. The number of anilines is 1. The van der Waals surface area contributed by atoms with Crippen LogP contribution in [0.25, 0.3) is 32.3 Å². The van der Waals surface area contributed by atoms with E-state index in [1.165, 1.54) is 11.3 Å². The lowest BCUT2D eigenvalue weighted by molar-refractivity contribution is -0.122. The number of carbonyl (C=O) groups excluding carboxylic acids is 2. The molecule has 0 spiro atoms. The molecule has 1 aromatic carbocycles. The minimum Gasteiger partial charge on any atom is -0.394 e. The third kappa shape index (κ3) is 3.60. The molecule has 0 aliphatic carbocycles. The van der Waals surface area contributed by atoms with E-state index < -0.39 is 11.8 Å². The lowest BCUT2D eigenvalue weighted by atomic mass is 9.99. The van der Waals surface area contributed by atoms with Crippen LogP contribution < -0.4 is 10.2 Å². The van der Waals surface area contributed by atoms with Gasteiger partial charge in [0.1, 0.15) is 0 Å². The number of aliphatic hydroxyl groups is 1. The Morgan fingerprint density at radius 1 is 1.03 bits per heavy atom. The highest BCUT2D eigenvalue weighted by atomic mass is 32.1. The molecule has 36 heavy (non-hydrogen) atoms. The fourth-order valence-electron chi connectivity index (χ4n) is 4.98. The molecular formula is C26H26N6O3S. The molecule has 3 N–H and O–H groups in total. The van der Waals surface area contributed by atoms with Crippen molar-refractivity contribution in [3.8, 4) is 0 Å².